The smallest absolute Gasteiger partial charge is 0.146 e. The van der Waals surface area contributed by atoms with Crippen LogP contribution in [-0.4, -0.2) is 4.98 Å². The normalized spacial score (nSPS) is 12.4. The summed E-state index contributed by atoms with van der Waals surface area (Å²) >= 11 is 5.94. The van der Waals surface area contributed by atoms with Gasteiger partial charge in [0.05, 0.1) is 12.2 Å². The van der Waals surface area contributed by atoms with E-state index in [-0.39, 0.29) is 5.02 Å². The average Bonchev–Trinajstić information content (AvgIpc) is 2.39. The first-order chi connectivity index (χ1) is 9.11. The van der Waals surface area contributed by atoms with Gasteiger partial charge in [-0.1, -0.05) is 17.7 Å². The first kappa shape index (κ1) is 13.9. The third-order valence-corrected chi connectivity index (χ3v) is 3.17. The molecule has 2 aromatic rings. The van der Waals surface area contributed by atoms with E-state index in [2.05, 4.69) is 10.4 Å². The fourth-order valence-electron chi connectivity index (χ4n) is 1.83. The Morgan fingerprint density at radius 3 is 2.74 bits per heavy atom. The van der Waals surface area contributed by atoms with Crippen LogP contribution in [0.3, 0.4) is 0 Å². The molecule has 0 saturated carbocycles. The van der Waals surface area contributed by atoms with Crippen molar-refractivity contribution in [3.05, 3.63) is 64.4 Å². The highest BCUT2D eigenvalue weighted by molar-refractivity contribution is 6.31. The van der Waals surface area contributed by atoms with E-state index >= 15 is 0 Å². The summed E-state index contributed by atoms with van der Waals surface area (Å²) in [6.45, 7) is 0. The summed E-state index contributed by atoms with van der Waals surface area (Å²) < 4.78 is 26.6. The molecule has 1 atom stereocenters. The summed E-state index contributed by atoms with van der Waals surface area (Å²) in [7, 11) is 0. The predicted octanol–water partition coefficient (Wildman–Crippen LogP) is 2.76. The van der Waals surface area contributed by atoms with E-state index in [9.17, 15) is 8.78 Å². The third kappa shape index (κ3) is 3.26. The zero-order valence-electron chi connectivity index (χ0n) is 9.91. The molecule has 2 rings (SSSR count). The van der Waals surface area contributed by atoms with E-state index in [1.54, 1.807) is 6.07 Å². The Kier molecular flexibility index (Phi) is 4.42. The lowest BCUT2D eigenvalue weighted by atomic mass is 10.00. The minimum Gasteiger partial charge on any atom is -0.271 e. The number of nitrogens with one attached hydrogen (secondary N) is 1. The number of hydrazine groups is 1. The Morgan fingerprint density at radius 2 is 2.11 bits per heavy atom. The maximum absolute atomic E-state index is 13.6. The van der Waals surface area contributed by atoms with Crippen molar-refractivity contribution in [3.63, 3.8) is 0 Å². The topological polar surface area (TPSA) is 50.9 Å². The molecule has 0 saturated heterocycles. The predicted molar refractivity (Wildman–Crippen MR) is 69.4 cm³/mol. The number of rotatable bonds is 4. The van der Waals surface area contributed by atoms with Crippen LogP contribution < -0.4 is 11.3 Å². The summed E-state index contributed by atoms with van der Waals surface area (Å²) in [5.41, 5.74) is 3.60. The monoisotopic (exact) mass is 283 g/mol. The van der Waals surface area contributed by atoms with Crippen molar-refractivity contribution >= 4 is 11.6 Å². The molecule has 19 heavy (non-hydrogen) atoms. The van der Waals surface area contributed by atoms with Gasteiger partial charge in [0.1, 0.15) is 11.6 Å². The Bertz CT molecular complexity index is 578. The Hall–Kier alpha value is -1.56. The highest BCUT2D eigenvalue weighted by atomic mass is 35.5. The van der Waals surface area contributed by atoms with E-state index in [0.29, 0.717) is 17.5 Å². The molecule has 1 aromatic carbocycles. The zero-order valence-corrected chi connectivity index (χ0v) is 10.7. The Labute approximate surface area is 114 Å². The molecule has 0 aliphatic rings. The number of hydrogen-bond donors (Lipinski definition) is 2. The lowest BCUT2D eigenvalue weighted by Crippen LogP contribution is -2.30. The van der Waals surface area contributed by atoms with Crippen molar-refractivity contribution in [2.24, 2.45) is 5.84 Å². The van der Waals surface area contributed by atoms with Crippen LogP contribution >= 0.6 is 11.6 Å². The highest BCUT2D eigenvalue weighted by Gasteiger charge is 2.16. The number of nitrogens with zero attached hydrogens (tertiary/aromatic N) is 1. The van der Waals surface area contributed by atoms with Crippen molar-refractivity contribution in [1.82, 2.24) is 10.4 Å². The third-order valence-electron chi connectivity index (χ3n) is 2.82. The summed E-state index contributed by atoms with van der Waals surface area (Å²) in [5.74, 6) is 4.58. The molecular weight excluding hydrogens is 272 g/mol. The van der Waals surface area contributed by atoms with Gasteiger partial charge in [0, 0.05) is 16.8 Å². The standard InChI is InChI=1S/C13H12ClF2N3/c14-11-6-9(15)2-1-8(11)5-13(19-17)10-3-4-18-7-12(10)16/h1-4,6-7,13,19H,5,17H2. The Balaban J connectivity index is 2.27. The average molecular weight is 284 g/mol. The van der Waals surface area contributed by atoms with Crippen LogP contribution in [-0.2, 0) is 6.42 Å². The van der Waals surface area contributed by atoms with Crippen LogP contribution in [0.5, 0.6) is 0 Å². The molecule has 0 fully saturated rings. The number of nitrogens with two attached hydrogens (primary N) is 1. The minimum atomic E-state index is -0.467. The largest absolute Gasteiger partial charge is 0.271 e. The number of pyridine rings is 1. The molecule has 1 heterocycles. The van der Waals surface area contributed by atoms with E-state index in [0.717, 1.165) is 6.20 Å². The minimum absolute atomic E-state index is 0.287. The van der Waals surface area contributed by atoms with Crippen molar-refractivity contribution in [1.29, 1.82) is 0 Å². The van der Waals surface area contributed by atoms with Gasteiger partial charge in [-0.3, -0.25) is 16.3 Å². The molecule has 0 spiro atoms. The number of benzene rings is 1. The number of aromatic nitrogens is 1. The molecule has 1 unspecified atom stereocenters. The molecule has 6 heteroatoms. The molecule has 0 bridgehead atoms. The van der Waals surface area contributed by atoms with E-state index in [4.69, 9.17) is 17.4 Å². The second-order valence-corrected chi connectivity index (χ2v) is 4.46. The van der Waals surface area contributed by atoms with E-state index in [1.807, 2.05) is 0 Å². The molecule has 3 N–H and O–H groups in total. The lowest BCUT2D eigenvalue weighted by molar-refractivity contribution is 0.507. The second kappa shape index (κ2) is 6.06. The van der Waals surface area contributed by atoms with E-state index in [1.165, 1.54) is 24.4 Å². The fraction of sp³-hybridized carbons (Fsp3) is 0.154. The van der Waals surface area contributed by atoms with Crippen LogP contribution in [0, 0.1) is 11.6 Å². The van der Waals surface area contributed by atoms with Crippen LogP contribution in [0.1, 0.15) is 17.2 Å². The van der Waals surface area contributed by atoms with Gasteiger partial charge in [-0.2, -0.15) is 0 Å². The first-order valence-corrected chi connectivity index (χ1v) is 5.99. The van der Waals surface area contributed by atoms with Crippen molar-refractivity contribution in [2.75, 3.05) is 0 Å². The van der Waals surface area contributed by atoms with Crippen molar-refractivity contribution < 1.29 is 8.78 Å². The van der Waals surface area contributed by atoms with Crippen molar-refractivity contribution in [3.8, 4) is 0 Å². The van der Waals surface area contributed by atoms with Crippen LogP contribution in [0.25, 0.3) is 0 Å². The van der Waals surface area contributed by atoms with Gasteiger partial charge in [-0.25, -0.2) is 8.78 Å². The van der Waals surface area contributed by atoms with Crippen LogP contribution in [0.15, 0.2) is 36.7 Å². The summed E-state index contributed by atoms with van der Waals surface area (Å²) in [6, 6.07) is 5.15. The van der Waals surface area contributed by atoms with Gasteiger partial charge in [0.2, 0.25) is 0 Å². The number of halogens is 3. The molecule has 100 valence electrons. The molecule has 0 aliphatic carbocycles. The van der Waals surface area contributed by atoms with Gasteiger partial charge < -0.3 is 0 Å². The fourth-order valence-corrected chi connectivity index (χ4v) is 2.08. The van der Waals surface area contributed by atoms with Crippen LogP contribution in [0.4, 0.5) is 8.78 Å². The molecule has 1 aromatic heterocycles. The lowest BCUT2D eigenvalue weighted by Gasteiger charge is -2.17. The van der Waals surface area contributed by atoms with Gasteiger partial charge in [-0.05, 0) is 30.2 Å². The molecular formula is C13H12ClF2N3. The molecule has 0 amide bonds. The summed E-state index contributed by atoms with van der Waals surface area (Å²) in [4.78, 5) is 3.68. The quantitative estimate of drug-likeness (QED) is 0.670. The highest BCUT2D eigenvalue weighted by Crippen LogP contribution is 2.25. The summed E-state index contributed by atoms with van der Waals surface area (Å²) in [6.07, 6.45) is 2.94. The number of hydrogen-bond acceptors (Lipinski definition) is 3. The molecule has 0 radical (unpaired) electrons. The van der Waals surface area contributed by atoms with E-state index < -0.39 is 17.7 Å². The van der Waals surface area contributed by atoms with Crippen molar-refractivity contribution in [2.45, 2.75) is 12.5 Å². The maximum atomic E-state index is 13.6. The first-order valence-electron chi connectivity index (χ1n) is 5.61. The second-order valence-electron chi connectivity index (χ2n) is 4.06. The molecule has 3 nitrogen and oxygen atoms in total. The SMILES string of the molecule is NNC(Cc1ccc(F)cc1Cl)c1ccncc1F. The van der Waals surface area contributed by atoms with Crippen LogP contribution in [0.2, 0.25) is 5.02 Å². The molecule has 0 aliphatic heterocycles. The Morgan fingerprint density at radius 1 is 1.32 bits per heavy atom. The van der Waals surface area contributed by atoms with Gasteiger partial charge in [-0.15, -0.1) is 0 Å². The van der Waals surface area contributed by atoms with Gasteiger partial charge in [0.15, 0.2) is 0 Å². The summed E-state index contributed by atoms with van der Waals surface area (Å²) in [5, 5.41) is 0.287. The maximum Gasteiger partial charge on any atom is 0.146 e. The van der Waals surface area contributed by atoms with Gasteiger partial charge >= 0.3 is 0 Å². The van der Waals surface area contributed by atoms with Gasteiger partial charge in [0.25, 0.3) is 0 Å². The zero-order chi connectivity index (χ0) is 13.8.